The molecule has 3 aromatic rings. The monoisotopic (exact) mass is 652 g/mol. The summed E-state index contributed by atoms with van der Waals surface area (Å²) in [5.74, 6) is -0.0277. The smallest absolute Gasteiger partial charge is 0.378 e. The predicted molar refractivity (Wildman–Crippen MR) is 160 cm³/mol. The molecule has 4 N–H and O–H groups in total. The number of alkyl halides is 2. The molecule has 1 aliphatic heterocycles. The van der Waals surface area contributed by atoms with Gasteiger partial charge in [-0.2, -0.15) is 13.5 Å². The molecule has 0 unspecified atom stereocenters. The summed E-state index contributed by atoms with van der Waals surface area (Å²) in [6.07, 6.45) is 3.23. The van der Waals surface area contributed by atoms with Crippen molar-refractivity contribution in [1.29, 1.82) is 0 Å². The van der Waals surface area contributed by atoms with Crippen molar-refractivity contribution in [2.75, 3.05) is 37.7 Å². The number of rotatable bonds is 14. The molecule has 44 heavy (non-hydrogen) atoms. The normalized spacial score (nSPS) is 15.1. The minimum Gasteiger partial charge on any atom is -0.378 e. The third kappa shape index (κ3) is 8.90. The average Bonchev–Trinajstić information content (AvgIpc) is 3.01. The van der Waals surface area contributed by atoms with Crippen LogP contribution in [0.15, 0.2) is 77.8 Å². The second-order valence-corrected chi connectivity index (χ2v) is 13.7. The van der Waals surface area contributed by atoms with E-state index in [0.717, 1.165) is 30.5 Å². The topological polar surface area (TPSA) is 158 Å². The van der Waals surface area contributed by atoms with Crippen LogP contribution in [0.2, 0.25) is 0 Å². The molecular formula is C29H35F2N4O7PS. The fraction of sp³-hybridized carbons (Fsp3) is 0.379. The van der Waals surface area contributed by atoms with Gasteiger partial charge in [-0.3, -0.25) is 9.36 Å². The van der Waals surface area contributed by atoms with Crippen molar-refractivity contribution < 1.29 is 41.1 Å². The fourth-order valence-electron chi connectivity index (χ4n) is 4.63. The van der Waals surface area contributed by atoms with Gasteiger partial charge in [0.2, 0.25) is 15.9 Å². The zero-order valence-corrected chi connectivity index (χ0v) is 25.5. The van der Waals surface area contributed by atoms with Crippen LogP contribution in [-0.2, 0) is 42.6 Å². The number of anilines is 1. The average molecular weight is 653 g/mol. The van der Waals surface area contributed by atoms with Gasteiger partial charge in [0.25, 0.3) is 0 Å². The Morgan fingerprint density at radius 3 is 2.30 bits per heavy atom. The second kappa shape index (κ2) is 14.7. The van der Waals surface area contributed by atoms with Gasteiger partial charge in [0.1, 0.15) is 16.8 Å². The van der Waals surface area contributed by atoms with E-state index in [0.29, 0.717) is 44.1 Å². The largest absolute Gasteiger partial charge is 0.399 e. The zero-order valence-electron chi connectivity index (χ0n) is 23.8. The van der Waals surface area contributed by atoms with Crippen LogP contribution in [0.4, 0.5) is 14.6 Å². The number of hydrogen-bond donors (Lipinski definition) is 4. The summed E-state index contributed by atoms with van der Waals surface area (Å²) >= 11 is 0. The summed E-state index contributed by atoms with van der Waals surface area (Å²) in [6.45, 7) is 2.58. The fourth-order valence-corrected chi connectivity index (χ4v) is 6.26. The highest BCUT2D eigenvalue weighted by Gasteiger charge is 2.50. The van der Waals surface area contributed by atoms with Crippen LogP contribution in [0.5, 0.6) is 0 Å². The van der Waals surface area contributed by atoms with Crippen LogP contribution in [0.3, 0.4) is 0 Å². The summed E-state index contributed by atoms with van der Waals surface area (Å²) in [7, 11) is -10.00. The number of carbonyl (C=O) groups excluding carboxylic acids is 1. The lowest BCUT2D eigenvalue weighted by atomic mass is 10.0. The molecule has 1 amide bonds. The van der Waals surface area contributed by atoms with Gasteiger partial charge in [0.05, 0.1) is 13.2 Å². The highest BCUT2D eigenvalue weighted by Crippen LogP contribution is 2.59. The van der Waals surface area contributed by atoms with Crippen molar-refractivity contribution in [2.24, 2.45) is 0 Å². The van der Waals surface area contributed by atoms with Gasteiger partial charge in [-0.15, -0.1) is 0 Å². The first-order valence-corrected chi connectivity index (χ1v) is 17.1. The first kappa shape index (κ1) is 33.6. The lowest BCUT2D eigenvalue weighted by molar-refractivity contribution is -0.122. The number of amides is 1. The summed E-state index contributed by atoms with van der Waals surface area (Å²) in [6, 6.07) is 15.5. The van der Waals surface area contributed by atoms with E-state index in [4.69, 9.17) is 14.5 Å². The number of nitrogens with zero attached hydrogens (tertiary/aromatic N) is 2. The number of hydrogen-bond acceptors (Lipinski definition) is 7. The van der Waals surface area contributed by atoms with Crippen molar-refractivity contribution in [3.8, 4) is 0 Å². The zero-order chi connectivity index (χ0) is 31.8. The molecule has 1 fully saturated rings. The molecule has 238 valence electrons. The number of unbranched alkanes of at least 4 members (excludes halogenated alkanes) is 1. The number of ether oxygens (including phenoxy) is 1. The molecule has 0 radical (unpaired) electrons. The predicted octanol–water partition coefficient (Wildman–Crippen LogP) is 3.17. The Hall–Kier alpha value is -3.26. The van der Waals surface area contributed by atoms with Gasteiger partial charge in [-0.25, -0.2) is 13.4 Å². The van der Waals surface area contributed by atoms with E-state index >= 15 is 0 Å². The minimum absolute atomic E-state index is 0.160. The number of morpholine rings is 1. The Kier molecular flexibility index (Phi) is 11.2. The summed E-state index contributed by atoms with van der Waals surface area (Å²) in [5, 5.41) is 2.75. The number of carbonyl (C=O) groups is 1. The van der Waals surface area contributed by atoms with Crippen molar-refractivity contribution >= 4 is 29.3 Å². The van der Waals surface area contributed by atoms with Crippen LogP contribution in [0.25, 0.3) is 0 Å². The molecule has 0 aliphatic carbocycles. The lowest BCUT2D eigenvalue weighted by Gasteiger charge is -2.27. The number of pyridine rings is 1. The second-order valence-electron chi connectivity index (χ2n) is 10.3. The molecule has 15 heteroatoms. The quantitative estimate of drug-likeness (QED) is 0.152. The lowest BCUT2D eigenvalue weighted by Crippen LogP contribution is -2.48. The number of aromatic nitrogens is 1. The summed E-state index contributed by atoms with van der Waals surface area (Å²) in [5.41, 5.74) is -3.85. The first-order valence-electron chi connectivity index (χ1n) is 14.0. The van der Waals surface area contributed by atoms with Crippen molar-refractivity contribution in [3.63, 3.8) is 0 Å². The Morgan fingerprint density at radius 2 is 1.68 bits per heavy atom. The van der Waals surface area contributed by atoms with Crippen molar-refractivity contribution in [1.82, 2.24) is 15.0 Å². The van der Waals surface area contributed by atoms with Crippen LogP contribution < -0.4 is 14.9 Å². The molecule has 1 aliphatic rings. The molecule has 1 aromatic heterocycles. The van der Waals surface area contributed by atoms with E-state index in [2.05, 4.69) is 15.0 Å². The Morgan fingerprint density at radius 1 is 1.00 bits per heavy atom. The van der Waals surface area contributed by atoms with E-state index in [1.54, 1.807) is 6.07 Å². The molecule has 11 nitrogen and oxygen atoms in total. The van der Waals surface area contributed by atoms with Crippen LogP contribution in [0.1, 0.15) is 29.5 Å². The Labute approximate surface area is 254 Å². The van der Waals surface area contributed by atoms with Crippen LogP contribution in [0, 0.1) is 0 Å². The number of sulfonamides is 1. The molecule has 1 saturated heterocycles. The maximum absolute atomic E-state index is 14.1. The molecule has 0 saturated carbocycles. The Bertz CT molecular complexity index is 1530. The van der Waals surface area contributed by atoms with E-state index in [1.807, 2.05) is 35.2 Å². The van der Waals surface area contributed by atoms with E-state index < -0.39 is 40.8 Å². The summed E-state index contributed by atoms with van der Waals surface area (Å²) in [4.78, 5) is 37.3. The number of aryl methyl sites for hydroxylation is 1. The van der Waals surface area contributed by atoms with Crippen molar-refractivity contribution in [2.45, 2.75) is 42.3 Å². The first-order chi connectivity index (χ1) is 20.9. The third-order valence-corrected chi connectivity index (χ3v) is 9.57. The third-order valence-electron chi connectivity index (χ3n) is 7.12. The van der Waals surface area contributed by atoms with Gasteiger partial charge in [-0.05, 0) is 48.9 Å². The highest BCUT2D eigenvalue weighted by atomic mass is 32.2. The number of halogens is 2. The Balaban J connectivity index is 1.46. The maximum Gasteiger partial charge on any atom is 0.399 e. The van der Waals surface area contributed by atoms with Gasteiger partial charge < -0.3 is 24.7 Å². The molecule has 0 spiro atoms. The SMILES string of the molecule is O=C(NCCCCc1ccccc1)[C@H](Cc1ccc(C(F)(F)P(=O)(O)O)cc1)NS(=O)(=O)c1ccc(N2CCOCC2)nc1. The molecule has 4 rings (SSSR count). The minimum atomic E-state index is -5.77. The van der Waals surface area contributed by atoms with Crippen LogP contribution >= 0.6 is 7.60 Å². The van der Waals surface area contributed by atoms with E-state index in [9.17, 15) is 26.6 Å². The van der Waals surface area contributed by atoms with E-state index in [-0.39, 0.29) is 17.9 Å². The molecular weight excluding hydrogens is 617 g/mol. The summed E-state index contributed by atoms with van der Waals surface area (Å²) < 4.78 is 73.8. The van der Waals surface area contributed by atoms with Gasteiger partial charge in [0, 0.05) is 31.4 Å². The molecule has 2 aromatic carbocycles. The van der Waals surface area contributed by atoms with Crippen LogP contribution in [-0.4, -0.2) is 68.0 Å². The number of nitrogens with one attached hydrogen (secondary N) is 2. The van der Waals surface area contributed by atoms with Gasteiger partial charge in [0.15, 0.2) is 0 Å². The highest BCUT2D eigenvalue weighted by molar-refractivity contribution is 7.89. The molecule has 2 heterocycles. The standard InChI is InChI=1S/C29H35F2N4O7PS/c30-29(31,43(37,38)39)24-11-9-23(10-12-24)20-26(28(36)32-15-5-4-8-22-6-2-1-3-7-22)34-44(40,41)25-13-14-27(33-21-25)35-16-18-42-19-17-35/h1-3,6-7,9-14,21,26,34H,4-5,8,15-20H2,(H,32,36)(H2,37,38,39)/t26-/m0/s1. The van der Waals surface area contributed by atoms with E-state index in [1.165, 1.54) is 24.4 Å². The van der Waals surface area contributed by atoms with Gasteiger partial charge in [-0.1, -0.05) is 54.6 Å². The van der Waals surface area contributed by atoms with Crippen molar-refractivity contribution in [3.05, 3.63) is 89.6 Å². The molecule has 0 bridgehead atoms. The molecule has 1 atom stereocenters. The maximum atomic E-state index is 14.1. The van der Waals surface area contributed by atoms with Gasteiger partial charge >= 0.3 is 13.3 Å². The number of benzene rings is 2.